The molecule has 2 fully saturated rings. The summed E-state index contributed by atoms with van der Waals surface area (Å²) in [4.78, 5) is 30.5. The van der Waals surface area contributed by atoms with Gasteiger partial charge in [-0.15, -0.1) is 24.8 Å². The number of carbonyl (C=O) groups excluding carboxylic acids is 2. The highest BCUT2D eigenvalue weighted by atomic mass is 35.5. The monoisotopic (exact) mass is 452 g/mol. The van der Waals surface area contributed by atoms with E-state index in [0.29, 0.717) is 12.6 Å². The first kappa shape index (κ1) is 25.6. The van der Waals surface area contributed by atoms with Crippen LogP contribution in [0.25, 0.3) is 0 Å². The number of carbonyl (C=O) groups is 2. The summed E-state index contributed by atoms with van der Waals surface area (Å²) in [5.74, 6) is -0.466. The summed E-state index contributed by atoms with van der Waals surface area (Å²) in [5, 5.41) is 8.86. The molecule has 0 unspecified atom stereocenters. The summed E-state index contributed by atoms with van der Waals surface area (Å²) in [6.45, 7) is 3.13. The number of amides is 2. The molecule has 1 aromatic heterocycles. The number of rotatable bonds is 5. The Morgan fingerprint density at radius 2 is 1.90 bits per heavy atom. The lowest BCUT2D eigenvalue weighted by Gasteiger charge is -2.35. The van der Waals surface area contributed by atoms with Crippen LogP contribution in [0.2, 0.25) is 0 Å². The molecule has 2 aliphatic heterocycles. The largest absolute Gasteiger partial charge is 0.381 e. The Bertz CT molecular complexity index is 656. The van der Waals surface area contributed by atoms with Crippen molar-refractivity contribution in [2.24, 2.45) is 11.7 Å². The van der Waals surface area contributed by atoms with Gasteiger partial charge in [0.25, 0.3) is 11.7 Å². The van der Waals surface area contributed by atoms with Crippen LogP contribution in [0.4, 0.5) is 0 Å². The number of halogens is 2. The lowest BCUT2D eigenvalue weighted by molar-refractivity contribution is -0.126. The topological polar surface area (TPSA) is 136 Å². The molecule has 2 amide bonds. The van der Waals surface area contributed by atoms with Crippen molar-refractivity contribution in [1.82, 2.24) is 25.7 Å². The Morgan fingerprint density at radius 1 is 1.17 bits per heavy atom. The highest BCUT2D eigenvalue weighted by Crippen LogP contribution is 2.22. The lowest BCUT2D eigenvalue weighted by Crippen LogP contribution is -2.47. The third kappa shape index (κ3) is 7.07. The summed E-state index contributed by atoms with van der Waals surface area (Å²) in [7, 11) is 1.49. The fourth-order valence-corrected chi connectivity index (χ4v) is 3.66. The molecule has 12 heteroatoms. The van der Waals surface area contributed by atoms with Crippen molar-refractivity contribution < 1.29 is 18.8 Å². The Hall–Kier alpha value is -1.46. The number of nitrogens with zero attached hydrogens (tertiary/aromatic N) is 3. The molecule has 1 aromatic rings. The molecular weight excluding hydrogens is 423 g/mol. The number of nitrogens with one attached hydrogen (secondary N) is 2. The standard InChI is InChI=1S/C17H28N6O4.2ClH/c1-19-17(25)15-21-14(27-22-15)8-20-16(24)11-2-3-12(18)10-23(9-11)13-4-6-26-7-5-13;;/h11-13H,2-10,18H2,1H3,(H,19,25)(H,20,24);2*1H/t11-,12+;;/m1../s1. The third-order valence-electron chi connectivity index (χ3n) is 5.20. The molecule has 4 N–H and O–H groups in total. The molecule has 2 atom stereocenters. The van der Waals surface area contributed by atoms with Crippen molar-refractivity contribution in [2.45, 2.75) is 44.3 Å². The van der Waals surface area contributed by atoms with Gasteiger partial charge in [0.1, 0.15) is 0 Å². The van der Waals surface area contributed by atoms with Crippen LogP contribution in [0.1, 0.15) is 42.2 Å². The van der Waals surface area contributed by atoms with Gasteiger partial charge in [-0.05, 0) is 25.7 Å². The molecule has 0 bridgehead atoms. The predicted molar refractivity (Wildman–Crippen MR) is 110 cm³/mol. The van der Waals surface area contributed by atoms with E-state index < -0.39 is 5.91 Å². The molecule has 0 aliphatic carbocycles. The highest BCUT2D eigenvalue weighted by Gasteiger charge is 2.31. The molecule has 0 aromatic carbocycles. The predicted octanol–water partition coefficient (Wildman–Crippen LogP) is 0.107. The SMILES string of the molecule is CNC(=O)c1noc(CNC(=O)[C@@H]2CC[C@H](N)CN(C3CCOCC3)C2)n1.Cl.Cl. The van der Waals surface area contributed by atoms with E-state index in [2.05, 4.69) is 25.7 Å². The van der Waals surface area contributed by atoms with Gasteiger partial charge < -0.3 is 25.6 Å². The quantitative estimate of drug-likeness (QED) is 0.572. The van der Waals surface area contributed by atoms with Crippen molar-refractivity contribution in [2.75, 3.05) is 33.4 Å². The number of ether oxygens (including phenoxy) is 1. The molecule has 3 heterocycles. The minimum Gasteiger partial charge on any atom is -0.381 e. The smallest absolute Gasteiger partial charge is 0.292 e. The van der Waals surface area contributed by atoms with Gasteiger partial charge in [-0.2, -0.15) is 4.98 Å². The second kappa shape index (κ2) is 12.3. The number of aromatic nitrogens is 2. The second-order valence-electron chi connectivity index (χ2n) is 7.14. The van der Waals surface area contributed by atoms with Crippen LogP contribution in [-0.2, 0) is 16.1 Å². The van der Waals surface area contributed by atoms with Crippen molar-refractivity contribution in [1.29, 1.82) is 0 Å². The van der Waals surface area contributed by atoms with E-state index in [9.17, 15) is 9.59 Å². The first-order valence-corrected chi connectivity index (χ1v) is 9.46. The summed E-state index contributed by atoms with van der Waals surface area (Å²) in [6.07, 6.45) is 3.52. The van der Waals surface area contributed by atoms with Gasteiger partial charge in [0.15, 0.2) is 0 Å². The molecule has 3 rings (SSSR count). The molecular formula is C17H30Cl2N6O4. The van der Waals surface area contributed by atoms with E-state index in [1.54, 1.807) is 0 Å². The molecule has 2 saturated heterocycles. The summed E-state index contributed by atoms with van der Waals surface area (Å²) in [6, 6.07) is 0.501. The maximum absolute atomic E-state index is 12.7. The zero-order valence-electron chi connectivity index (χ0n) is 16.5. The molecule has 2 aliphatic rings. The van der Waals surface area contributed by atoms with Crippen LogP contribution in [-0.4, -0.2) is 72.3 Å². The van der Waals surface area contributed by atoms with E-state index >= 15 is 0 Å². The van der Waals surface area contributed by atoms with Crippen LogP contribution in [0.3, 0.4) is 0 Å². The Kier molecular flexibility index (Phi) is 10.8. The van der Waals surface area contributed by atoms with Crippen LogP contribution >= 0.6 is 24.8 Å². The molecule has 29 heavy (non-hydrogen) atoms. The van der Waals surface area contributed by atoms with Crippen molar-refractivity contribution in [3.05, 3.63) is 11.7 Å². The van der Waals surface area contributed by atoms with Crippen LogP contribution in [0.15, 0.2) is 4.52 Å². The van der Waals surface area contributed by atoms with E-state index in [1.165, 1.54) is 7.05 Å². The van der Waals surface area contributed by atoms with Gasteiger partial charge >= 0.3 is 0 Å². The third-order valence-corrected chi connectivity index (χ3v) is 5.20. The number of likely N-dealkylation sites (tertiary alicyclic amines) is 1. The van der Waals surface area contributed by atoms with Gasteiger partial charge in [-0.25, -0.2) is 0 Å². The van der Waals surface area contributed by atoms with Crippen LogP contribution < -0.4 is 16.4 Å². The zero-order valence-corrected chi connectivity index (χ0v) is 18.1. The fraction of sp³-hybridized carbons (Fsp3) is 0.765. The summed E-state index contributed by atoms with van der Waals surface area (Å²) < 4.78 is 10.5. The first-order chi connectivity index (χ1) is 13.1. The van der Waals surface area contributed by atoms with E-state index in [1.807, 2.05) is 0 Å². The van der Waals surface area contributed by atoms with E-state index in [4.69, 9.17) is 15.0 Å². The first-order valence-electron chi connectivity index (χ1n) is 9.46. The number of hydrogen-bond donors (Lipinski definition) is 3. The van der Waals surface area contributed by atoms with Gasteiger partial charge in [0.05, 0.1) is 12.5 Å². The molecule has 10 nitrogen and oxygen atoms in total. The van der Waals surface area contributed by atoms with Crippen molar-refractivity contribution in [3.63, 3.8) is 0 Å². The van der Waals surface area contributed by atoms with Crippen LogP contribution in [0.5, 0.6) is 0 Å². The van der Waals surface area contributed by atoms with E-state index in [-0.39, 0.29) is 60.9 Å². The number of nitrogens with two attached hydrogens (primary N) is 1. The number of hydrogen-bond acceptors (Lipinski definition) is 8. The van der Waals surface area contributed by atoms with Gasteiger partial charge in [-0.3, -0.25) is 14.5 Å². The van der Waals surface area contributed by atoms with Gasteiger partial charge in [0, 0.05) is 45.4 Å². The second-order valence-corrected chi connectivity index (χ2v) is 7.14. The average Bonchev–Trinajstić information content (AvgIpc) is 3.08. The molecule has 0 spiro atoms. The maximum Gasteiger partial charge on any atom is 0.292 e. The zero-order chi connectivity index (χ0) is 19.2. The minimum absolute atomic E-state index is 0. The van der Waals surface area contributed by atoms with E-state index in [0.717, 1.165) is 45.4 Å². The normalized spacial score (nSPS) is 23.2. The molecule has 0 saturated carbocycles. The Labute approximate surface area is 182 Å². The Balaban J connectivity index is 0.00000210. The van der Waals surface area contributed by atoms with Crippen molar-refractivity contribution >= 4 is 36.6 Å². The lowest BCUT2D eigenvalue weighted by atomic mass is 10.0. The average molecular weight is 453 g/mol. The van der Waals surface area contributed by atoms with Gasteiger partial charge in [-0.1, -0.05) is 5.16 Å². The highest BCUT2D eigenvalue weighted by molar-refractivity contribution is 5.89. The maximum atomic E-state index is 12.7. The molecule has 0 radical (unpaired) electrons. The minimum atomic E-state index is -0.429. The fourth-order valence-electron chi connectivity index (χ4n) is 3.66. The van der Waals surface area contributed by atoms with Crippen LogP contribution in [0, 0.1) is 5.92 Å². The molecule has 166 valence electrons. The van der Waals surface area contributed by atoms with Gasteiger partial charge in [0.2, 0.25) is 11.8 Å². The summed E-state index contributed by atoms with van der Waals surface area (Å²) >= 11 is 0. The van der Waals surface area contributed by atoms with Crippen molar-refractivity contribution in [3.8, 4) is 0 Å². The Morgan fingerprint density at radius 3 is 2.59 bits per heavy atom. The summed E-state index contributed by atoms with van der Waals surface area (Å²) in [5.41, 5.74) is 6.23.